The monoisotopic (exact) mass is 286 g/mol. The van der Waals surface area contributed by atoms with Crippen LogP contribution in [0.2, 0.25) is 0 Å². The minimum Gasteiger partial charge on any atom is -0.468 e. The van der Waals surface area contributed by atoms with Gasteiger partial charge >= 0.3 is 0 Å². The molecule has 0 fully saturated rings. The van der Waals surface area contributed by atoms with Crippen LogP contribution in [0.25, 0.3) is 0 Å². The Morgan fingerprint density at radius 1 is 1.14 bits per heavy atom. The van der Waals surface area contributed by atoms with Crippen molar-refractivity contribution in [3.05, 3.63) is 59.5 Å². The fourth-order valence-electron chi connectivity index (χ4n) is 2.85. The number of hydrogen-bond donors (Lipinski definition) is 1. The van der Waals surface area contributed by atoms with Crippen LogP contribution in [0.1, 0.15) is 43.2 Å². The SMILES string of the molecule is CCC(N)C(c1ccccc1C)N(CC)Cc1ccco1. The lowest BCUT2D eigenvalue weighted by Crippen LogP contribution is -2.40. The minimum atomic E-state index is 0.112. The Morgan fingerprint density at radius 2 is 1.90 bits per heavy atom. The van der Waals surface area contributed by atoms with Crippen LogP contribution in [0.15, 0.2) is 47.1 Å². The minimum absolute atomic E-state index is 0.112. The molecule has 0 spiro atoms. The van der Waals surface area contributed by atoms with Crippen LogP contribution >= 0.6 is 0 Å². The second kappa shape index (κ2) is 7.43. The predicted octanol–water partition coefficient (Wildman–Crippen LogP) is 3.89. The van der Waals surface area contributed by atoms with Gasteiger partial charge in [-0.2, -0.15) is 0 Å². The van der Waals surface area contributed by atoms with E-state index in [-0.39, 0.29) is 12.1 Å². The van der Waals surface area contributed by atoms with E-state index in [1.807, 2.05) is 12.1 Å². The molecule has 2 atom stereocenters. The Hall–Kier alpha value is -1.58. The molecule has 2 aromatic rings. The van der Waals surface area contributed by atoms with Crippen molar-refractivity contribution in [1.29, 1.82) is 0 Å². The largest absolute Gasteiger partial charge is 0.468 e. The summed E-state index contributed by atoms with van der Waals surface area (Å²) in [6, 6.07) is 12.8. The summed E-state index contributed by atoms with van der Waals surface area (Å²) in [5.74, 6) is 0.985. The summed E-state index contributed by atoms with van der Waals surface area (Å²) >= 11 is 0. The van der Waals surface area contributed by atoms with Crippen LogP contribution in [-0.2, 0) is 6.54 Å². The van der Waals surface area contributed by atoms with Crippen molar-refractivity contribution in [3.8, 4) is 0 Å². The number of hydrogen-bond acceptors (Lipinski definition) is 3. The maximum Gasteiger partial charge on any atom is 0.117 e. The molecule has 0 aliphatic carbocycles. The van der Waals surface area contributed by atoms with Crippen molar-refractivity contribution in [2.45, 2.75) is 45.8 Å². The van der Waals surface area contributed by atoms with Gasteiger partial charge in [-0.15, -0.1) is 0 Å². The van der Waals surface area contributed by atoms with Gasteiger partial charge in [0, 0.05) is 6.04 Å². The normalized spacial score (nSPS) is 14.3. The van der Waals surface area contributed by atoms with Gasteiger partial charge < -0.3 is 10.2 Å². The molecule has 2 rings (SSSR count). The van der Waals surface area contributed by atoms with Gasteiger partial charge in [0.25, 0.3) is 0 Å². The van der Waals surface area contributed by atoms with Gasteiger partial charge in [0.2, 0.25) is 0 Å². The molecule has 0 saturated carbocycles. The fourth-order valence-corrected chi connectivity index (χ4v) is 2.85. The topological polar surface area (TPSA) is 42.4 Å². The molecule has 2 N–H and O–H groups in total. The molecule has 0 amide bonds. The Kier molecular flexibility index (Phi) is 5.59. The van der Waals surface area contributed by atoms with Gasteiger partial charge in [-0.1, -0.05) is 38.1 Å². The molecule has 1 aromatic carbocycles. The summed E-state index contributed by atoms with van der Waals surface area (Å²) in [7, 11) is 0. The average Bonchev–Trinajstić information content (AvgIpc) is 3.01. The highest BCUT2D eigenvalue weighted by atomic mass is 16.3. The molecule has 2 unspecified atom stereocenters. The van der Waals surface area contributed by atoms with E-state index in [0.29, 0.717) is 0 Å². The Labute approximate surface area is 127 Å². The summed E-state index contributed by atoms with van der Waals surface area (Å²) in [5.41, 5.74) is 9.07. The zero-order valence-electron chi connectivity index (χ0n) is 13.3. The zero-order valence-corrected chi connectivity index (χ0v) is 13.3. The van der Waals surface area contributed by atoms with E-state index in [1.54, 1.807) is 6.26 Å². The quantitative estimate of drug-likeness (QED) is 0.839. The second-order valence-corrected chi connectivity index (χ2v) is 5.52. The summed E-state index contributed by atoms with van der Waals surface area (Å²) in [6.45, 7) is 8.21. The van der Waals surface area contributed by atoms with E-state index < -0.39 is 0 Å². The third-order valence-corrected chi connectivity index (χ3v) is 4.12. The van der Waals surface area contributed by atoms with Gasteiger partial charge in [0.1, 0.15) is 5.76 Å². The van der Waals surface area contributed by atoms with Crippen LogP contribution in [0.3, 0.4) is 0 Å². The number of nitrogens with zero attached hydrogens (tertiary/aromatic N) is 1. The van der Waals surface area contributed by atoms with Gasteiger partial charge in [-0.3, -0.25) is 4.90 Å². The standard InChI is InChI=1S/C18H26N2O/c1-4-17(19)18(16-11-7-6-9-14(16)3)20(5-2)13-15-10-8-12-21-15/h6-12,17-18H,4-5,13,19H2,1-3H3. The third kappa shape index (κ3) is 3.74. The highest BCUT2D eigenvalue weighted by Crippen LogP contribution is 2.29. The van der Waals surface area contributed by atoms with Gasteiger partial charge in [-0.05, 0) is 43.1 Å². The summed E-state index contributed by atoms with van der Waals surface area (Å²) in [6.07, 6.45) is 2.68. The van der Waals surface area contributed by atoms with E-state index in [1.165, 1.54) is 11.1 Å². The molecular formula is C18H26N2O. The summed E-state index contributed by atoms with van der Waals surface area (Å²) in [4.78, 5) is 2.40. The van der Waals surface area contributed by atoms with E-state index >= 15 is 0 Å². The lowest BCUT2D eigenvalue weighted by Gasteiger charge is -2.35. The highest BCUT2D eigenvalue weighted by Gasteiger charge is 2.26. The molecule has 0 aliphatic heterocycles. The van der Waals surface area contributed by atoms with E-state index in [0.717, 1.165) is 25.3 Å². The molecule has 0 saturated heterocycles. The second-order valence-electron chi connectivity index (χ2n) is 5.52. The molecule has 1 aromatic heterocycles. The van der Waals surface area contributed by atoms with Crippen molar-refractivity contribution in [2.75, 3.05) is 6.54 Å². The number of benzene rings is 1. The lowest BCUT2D eigenvalue weighted by atomic mass is 9.92. The summed E-state index contributed by atoms with van der Waals surface area (Å²) < 4.78 is 5.51. The van der Waals surface area contributed by atoms with Crippen molar-refractivity contribution >= 4 is 0 Å². The Morgan fingerprint density at radius 3 is 2.48 bits per heavy atom. The summed E-state index contributed by atoms with van der Waals surface area (Å²) in [5, 5.41) is 0. The first-order valence-electron chi connectivity index (χ1n) is 7.74. The molecule has 3 heteroatoms. The molecular weight excluding hydrogens is 260 g/mol. The first-order valence-corrected chi connectivity index (χ1v) is 7.74. The van der Waals surface area contributed by atoms with Gasteiger partial charge in [0.15, 0.2) is 0 Å². The molecule has 1 heterocycles. The van der Waals surface area contributed by atoms with Crippen molar-refractivity contribution in [1.82, 2.24) is 4.90 Å². The maximum absolute atomic E-state index is 6.45. The van der Waals surface area contributed by atoms with Crippen LogP contribution in [0.5, 0.6) is 0 Å². The van der Waals surface area contributed by atoms with Crippen LogP contribution in [-0.4, -0.2) is 17.5 Å². The first kappa shape index (κ1) is 15.8. The van der Waals surface area contributed by atoms with Crippen LogP contribution in [0.4, 0.5) is 0 Å². The first-order chi connectivity index (χ1) is 10.2. The van der Waals surface area contributed by atoms with Crippen LogP contribution < -0.4 is 5.73 Å². The smallest absolute Gasteiger partial charge is 0.117 e. The number of furan rings is 1. The number of rotatable bonds is 7. The molecule has 21 heavy (non-hydrogen) atoms. The predicted molar refractivity (Wildman–Crippen MR) is 87.0 cm³/mol. The van der Waals surface area contributed by atoms with E-state index in [9.17, 15) is 0 Å². The Balaban J connectivity index is 2.31. The fraction of sp³-hybridized carbons (Fsp3) is 0.444. The van der Waals surface area contributed by atoms with Crippen LogP contribution in [0, 0.1) is 6.92 Å². The lowest BCUT2D eigenvalue weighted by molar-refractivity contribution is 0.157. The van der Waals surface area contributed by atoms with Gasteiger partial charge in [-0.25, -0.2) is 0 Å². The molecule has 114 valence electrons. The zero-order chi connectivity index (χ0) is 15.2. The highest BCUT2D eigenvalue weighted by molar-refractivity contribution is 5.30. The number of likely N-dealkylation sites (N-methyl/N-ethyl adjacent to an activating group) is 1. The van der Waals surface area contributed by atoms with E-state index in [2.05, 4.69) is 49.9 Å². The molecule has 0 aliphatic rings. The van der Waals surface area contributed by atoms with Crippen molar-refractivity contribution in [2.24, 2.45) is 5.73 Å². The maximum atomic E-state index is 6.45. The Bertz CT molecular complexity index is 536. The molecule has 0 bridgehead atoms. The average molecular weight is 286 g/mol. The number of nitrogens with two attached hydrogens (primary N) is 1. The van der Waals surface area contributed by atoms with Crippen molar-refractivity contribution < 1.29 is 4.42 Å². The third-order valence-electron chi connectivity index (χ3n) is 4.12. The number of aryl methyl sites for hydroxylation is 1. The van der Waals surface area contributed by atoms with Crippen molar-refractivity contribution in [3.63, 3.8) is 0 Å². The van der Waals surface area contributed by atoms with E-state index in [4.69, 9.17) is 10.2 Å². The van der Waals surface area contributed by atoms with Gasteiger partial charge in [0.05, 0.1) is 18.8 Å². The molecule has 0 radical (unpaired) electrons. The molecule has 3 nitrogen and oxygen atoms in total.